The molecular weight excluding hydrogens is 342 g/mol. The van der Waals surface area contributed by atoms with Gasteiger partial charge >= 0.3 is 11.9 Å². The second-order valence-corrected chi connectivity index (χ2v) is 6.52. The molecule has 2 N–H and O–H groups in total. The number of thioether (sulfide) groups is 1. The van der Waals surface area contributed by atoms with Crippen LogP contribution in [0.1, 0.15) is 27.7 Å². The fourth-order valence-electron chi connectivity index (χ4n) is 2.24. The predicted octanol–water partition coefficient (Wildman–Crippen LogP) is -0.649. The van der Waals surface area contributed by atoms with Gasteiger partial charge in [0, 0.05) is 27.7 Å². The highest BCUT2D eigenvalue weighted by Crippen LogP contribution is 2.31. The molecule has 1 aliphatic rings. The van der Waals surface area contributed by atoms with E-state index >= 15 is 0 Å². The minimum Gasteiger partial charge on any atom is -0.463 e. The topological polar surface area (TPSA) is 128 Å². The third-order valence-electron chi connectivity index (χ3n) is 3.08. The van der Waals surface area contributed by atoms with E-state index in [-0.39, 0.29) is 11.7 Å². The Kier molecular flexibility index (Phi) is 7.64. The van der Waals surface area contributed by atoms with Gasteiger partial charge in [-0.3, -0.25) is 19.2 Å². The maximum atomic E-state index is 11.4. The summed E-state index contributed by atoms with van der Waals surface area (Å²) in [5.74, 6) is -1.69. The number of nitrogens with one attached hydrogen (secondary N) is 1. The largest absolute Gasteiger partial charge is 0.463 e. The average Bonchev–Trinajstić information content (AvgIpc) is 2.42. The Morgan fingerprint density at radius 1 is 1.12 bits per heavy atom. The van der Waals surface area contributed by atoms with Crippen LogP contribution in [-0.2, 0) is 33.4 Å². The van der Waals surface area contributed by atoms with Crippen molar-refractivity contribution >= 4 is 34.7 Å². The number of aliphatic hydroxyl groups is 1. The summed E-state index contributed by atoms with van der Waals surface area (Å²) in [6, 6.07) is -0.941. The van der Waals surface area contributed by atoms with Crippen LogP contribution in [0.5, 0.6) is 0 Å². The van der Waals surface area contributed by atoms with E-state index in [1.807, 2.05) is 0 Å². The molecule has 1 heterocycles. The van der Waals surface area contributed by atoms with Gasteiger partial charge in [0.1, 0.15) is 30.3 Å². The lowest BCUT2D eigenvalue weighted by Gasteiger charge is -2.43. The Hall–Kier alpha value is -1.65. The predicted molar refractivity (Wildman–Crippen MR) is 82.7 cm³/mol. The number of amides is 1. The van der Waals surface area contributed by atoms with E-state index in [1.54, 1.807) is 0 Å². The molecule has 0 aliphatic carbocycles. The molecule has 0 aromatic carbocycles. The summed E-state index contributed by atoms with van der Waals surface area (Å²) in [6.45, 7) is 4.63. The van der Waals surface area contributed by atoms with E-state index in [0.29, 0.717) is 0 Å². The van der Waals surface area contributed by atoms with Gasteiger partial charge in [-0.2, -0.15) is 0 Å². The molecule has 136 valence electrons. The molecule has 5 atom stereocenters. The fraction of sp³-hybridized carbons (Fsp3) is 0.714. The van der Waals surface area contributed by atoms with Crippen LogP contribution in [0.2, 0.25) is 0 Å². The van der Waals surface area contributed by atoms with E-state index in [0.717, 1.165) is 18.7 Å². The van der Waals surface area contributed by atoms with Gasteiger partial charge in [-0.25, -0.2) is 0 Å². The molecule has 24 heavy (non-hydrogen) atoms. The van der Waals surface area contributed by atoms with Gasteiger partial charge in [0.2, 0.25) is 5.91 Å². The summed E-state index contributed by atoms with van der Waals surface area (Å²) >= 11 is 0.778. The van der Waals surface area contributed by atoms with Gasteiger partial charge in [-0.05, 0) is 0 Å². The van der Waals surface area contributed by atoms with Crippen LogP contribution in [0, 0.1) is 0 Å². The van der Waals surface area contributed by atoms with Crippen molar-refractivity contribution in [2.75, 3.05) is 6.61 Å². The van der Waals surface area contributed by atoms with Crippen LogP contribution in [0.25, 0.3) is 0 Å². The standard InChI is InChI=1S/C14H21NO8S/c1-6(16)15-11-13(22-8(3)18)12(20)10(5-21-7(2)17)23-14(11)24-9(4)19/h10-14,20H,5H2,1-4H3,(H,15,16)/t10-,11-,12+,13-,14+/m1/s1. The van der Waals surface area contributed by atoms with Gasteiger partial charge in [0.25, 0.3) is 0 Å². The van der Waals surface area contributed by atoms with Crippen molar-refractivity contribution < 1.29 is 38.5 Å². The maximum absolute atomic E-state index is 11.4. The zero-order valence-electron chi connectivity index (χ0n) is 13.8. The molecule has 1 aliphatic heterocycles. The molecule has 0 bridgehead atoms. The number of carbonyl (C=O) groups is 4. The van der Waals surface area contributed by atoms with Crippen LogP contribution in [-0.4, -0.2) is 64.5 Å². The molecule has 1 amide bonds. The van der Waals surface area contributed by atoms with Gasteiger partial charge in [0.05, 0.1) is 0 Å². The molecule has 0 radical (unpaired) electrons. The number of hydrogen-bond acceptors (Lipinski definition) is 9. The first-order chi connectivity index (χ1) is 11.1. The second kappa shape index (κ2) is 9.00. The van der Waals surface area contributed by atoms with Crippen LogP contribution >= 0.6 is 11.8 Å². The van der Waals surface area contributed by atoms with Crippen molar-refractivity contribution in [1.29, 1.82) is 0 Å². The molecule has 0 aromatic heterocycles. The minimum absolute atomic E-state index is 0.282. The smallest absolute Gasteiger partial charge is 0.303 e. The van der Waals surface area contributed by atoms with Crippen molar-refractivity contribution in [3.05, 3.63) is 0 Å². The fourth-order valence-corrected chi connectivity index (χ4v) is 3.13. The lowest BCUT2D eigenvalue weighted by atomic mass is 9.97. The SMILES string of the molecule is CC(=O)N[C@@H]1[C@@H](OC(C)=O)[C@@H](O)[C@@H](COC(C)=O)O[C@H]1SC(C)=O. The summed E-state index contributed by atoms with van der Waals surface area (Å²) in [5, 5.41) is 12.6. The highest BCUT2D eigenvalue weighted by molar-refractivity contribution is 8.14. The Morgan fingerprint density at radius 2 is 1.75 bits per heavy atom. The zero-order chi connectivity index (χ0) is 18.4. The third kappa shape index (κ3) is 6.10. The number of hydrogen-bond donors (Lipinski definition) is 2. The summed E-state index contributed by atoms with van der Waals surface area (Å²) in [4.78, 5) is 45.2. The second-order valence-electron chi connectivity index (χ2n) is 5.25. The molecule has 10 heteroatoms. The lowest BCUT2D eigenvalue weighted by Crippen LogP contribution is -2.64. The highest BCUT2D eigenvalue weighted by atomic mass is 32.2. The Bertz CT molecular complexity index is 511. The minimum atomic E-state index is -1.35. The van der Waals surface area contributed by atoms with Crippen molar-refractivity contribution in [2.45, 2.75) is 57.5 Å². The zero-order valence-corrected chi connectivity index (χ0v) is 14.6. The van der Waals surface area contributed by atoms with Gasteiger partial charge in [0.15, 0.2) is 11.2 Å². The Labute approximate surface area is 143 Å². The molecule has 9 nitrogen and oxygen atoms in total. The first-order valence-corrected chi connectivity index (χ1v) is 8.08. The summed E-state index contributed by atoms with van der Waals surface area (Å²) in [7, 11) is 0. The number of rotatable bonds is 5. The Morgan fingerprint density at radius 3 is 2.21 bits per heavy atom. The van der Waals surface area contributed by atoms with Crippen molar-refractivity contribution in [1.82, 2.24) is 5.32 Å². The number of esters is 2. The van der Waals surface area contributed by atoms with Crippen molar-refractivity contribution in [3.63, 3.8) is 0 Å². The van der Waals surface area contributed by atoms with E-state index in [4.69, 9.17) is 14.2 Å². The quantitative estimate of drug-likeness (QED) is 0.612. The molecule has 0 unspecified atom stereocenters. The van der Waals surface area contributed by atoms with Crippen LogP contribution < -0.4 is 5.32 Å². The molecule has 0 saturated carbocycles. The monoisotopic (exact) mass is 363 g/mol. The summed E-state index contributed by atoms with van der Waals surface area (Å²) in [6.07, 6.45) is -3.52. The third-order valence-corrected chi connectivity index (χ3v) is 4.05. The van der Waals surface area contributed by atoms with Crippen molar-refractivity contribution in [3.8, 4) is 0 Å². The van der Waals surface area contributed by atoms with Crippen LogP contribution in [0.4, 0.5) is 0 Å². The summed E-state index contributed by atoms with van der Waals surface area (Å²) in [5.41, 5.74) is -0.917. The van der Waals surface area contributed by atoms with E-state index in [1.165, 1.54) is 20.8 Å². The average molecular weight is 363 g/mol. The first-order valence-electron chi connectivity index (χ1n) is 7.20. The summed E-state index contributed by atoms with van der Waals surface area (Å²) < 4.78 is 15.5. The number of aliphatic hydroxyl groups excluding tert-OH is 1. The van der Waals surface area contributed by atoms with Crippen LogP contribution in [0.15, 0.2) is 0 Å². The maximum Gasteiger partial charge on any atom is 0.303 e. The first kappa shape index (κ1) is 20.4. The molecule has 1 fully saturated rings. The van der Waals surface area contributed by atoms with Gasteiger partial charge < -0.3 is 24.6 Å². The van der Waals surface area contributed by atoms with Crippen LogP contribution in [0.3, 0.4) is 0 Å². The molecular formula is C14H21NO8S. The number of ether oxygens (including phenoxy) is 3. The van der Waals surface area contributed by atoms with E-state index < -0.39 is 47.6 Å². The van der Waals surface area contributed by atoms with Gasteiger partial charge in [-0.15, -0.1) is 0 Å². The normalized spacial score (nSPS) is 29.5. The number of carbonyl (C=O) groups excluding carboxylic acids is 4. The molecule has 0 aromatic rings. The van der Waals surface area contributed by atoms with Crippen molar-refractivity contribution in [2.24, 2.45) is 0 Å². The highest BCUT2D eigenvalue weighted by Gasteiger charge is 2.48. The Balaban J connectivity index is 3.07. The van der Waals surface area contributed by atoms with Gasteiger partial charge in [-0.1, -0.05) is 11.8 Å². The molecule has 1 saturated heterocycles. The van der Waals surface area contributed by atoms with E-state index in [2.05, 4.69) is 5.32 Å². The molecule has 0 spiro atoms. The lowest BCUT2D eigenvalue weighted by molar-refractivity contribution is -0.199. The van der Waals surface area contributed by atoms with E-state index in [9.17, 15) is 24.3 Å². The molecule has 1 rings (SSSR count).